The van der Waals surface area contributed by atoms with Crippen molar-refractivity contribution in [2.24, 2.45) is 0 Å². The van der Waals surface area contributed by atoms with Crippen LogP contribution in [0.5, 0.6) is 17.2 Å². The van der Waals surface area contributed by atoms with Crippen LogP contribution in [0.2, 0.25) is 0 Å². The number of rotatable bonds is 13. The second-order valence-corrected chi connectivity index (χ2v) is 6.97. The summed E-state index contributed by atoms with van der Waals surface area (Å²) in [5, 5.41) is 0. The quantitative estimate of drug-likeness (QED) is 0.216. The maximum absolute atomic E-state index is 14.2. The molecular formula is C24H31FO4. The average molecular weight is 403 g/mol. The monoisotopic (exact) mass is 402 g/mol. The fourth-order valence-electron chi connectivity index (χ4n) is 2.77. The van der Waals surface area contributed by atoms with Crippen LogP contribution >= 0.6 is 0 Å². The number of hydrogen-bond acceptors (Lipinski definition) is 4. The molecule has 5 heteroatoms. The van der Waals surface area contributed by atoms with E-state index in [1.807, 2.05) is 0 Å². The third kappa shape index (κ3) is 8.14. The number of carbonyl (C=O) groups excluding carboxylic acids is 1. The van der Waals surface area contributed by atoms with Gasteiger partial charge < -0.3 is 14.2 Å². The number of halogens is 1. The van der Waals surface area contributed by atoms with Gasteiger partial charge in [0.1, 0.15) is 11.5 Å². The zero-order valence-corrected chi connectivity index (χ0v) is 17.4. The lowest BCUT2D eigenvalue weighted by Gasteiger charge is -2.10. The molecule has 0 fully saturated rings. The summed E-state index contributed by atoms with van der Waals surface area (Å²) in [5.74, 6) is -0.0579. The van der Waals surface area contributed by atoms with E-state index < -0.39 is 11.8 Å². The van der Waals surface area contributed by atoms with E-state index in [2.05, 4.69) is 13.8 Å². The van der Waals surface area contributed by atoms with Gasteiger partial charge in [-0.25, -0.2) is 9.18 Å². The number of benzene rings is 2. The summed E-state index contributed by atoms with van der Waals surface area (Å²) in [6, 6.07) is 10.9. The van der Waals surface area contributed by atoms with Gasteiger partial charge in [0.25, 0.3) is 0 Å². The van der Waals surface area contributed by atoms with Crippen molar-refractivity contribution in [1.29, 1.82) is 0 Å². The normalized spacial score (nSPS) is 10.6. The number of hydrogen-bond donors (Lipinski definition) is 0. The first-order chi connectivity index (χ1) is 14.1. The molecule has 158 valence electrons. The molecular weight excluding hydrogens is 371 g/mol. The van der Waals surface area contributed by atoms with Gasteiger partial charge in [-0.3, -0.25) is 0 Å². The molecule has 0 aliphatic carbocycles. The molecule has 0 aliphatic rings. The van der Waals surface area contributed by atoms with Crippen LogP contribution in [-0.2, 0) is 0 Å². The fourth-order valence-corrected chi connectivity index (χ4v) is 2.77. The van der Waals surface area contributed by atoms with E-state index in [0.717, 1.165) is 44.9 Å². The fraction of sp³-hybridized carbons (Fsp3) is 0.458. The van der Waals surface area contributed by atoms with Crippen molar-refractivity contribution in [2.75, 3.05) is 13.2 Å². The molecule has 0 spiro atoms. The Kier molecular flexibility index (Phi) is 10.0. The molecule has 2 aromatic rings. The van der Waals surface area contributed by atoms with E-state index >= 15 is 0 Å². The van der Waals surface area contributed by atoms with Gasteiger partial charge in [0, 0.05) is 6.07 Å². The van der Waals surface area contributed by atoms with Gasteiger partial charge in [0.05, 0.1) is 18.8 Å². The molecule has 4 nitrogen and oxygen atoms in total. The highest BCUT2D eigenvalue weighted by Crippen LogP contribution is 2.24. The molecule has 29 heavy (non-hydrogen) atoms. The van der Waals surface area contributed by atoms with Crippen molar-refractivity contribution in [2.45, 2.75) is 58.8 Å². The van der Waals surface area contributed by atoms with Gasteiger partial charge in [0.2, 0.25) is 0 Å². The molecule has 0 N–H and O–H groups in total. The van der Waals surface area contributed by atoms with Crippen LogP contribution in [0.3, 0.4) is 0 Å². The summed E-state index contributed by atoms with van der Waals surface area (Å²) in [7, 11) is 0. The van der Waals surface area contributed by atoms with Crippen molar-refractivity contribution in [1.82, 2.24) is 0 Å². The van der Waals surface area contributed by atoms with E-state index in [1.54, 1.807) is 24.3 Å². The molecule has 0 saturated carbocycles. The Morgan fingerprint density at radius 3 is 2.10 bits per heavy atom. The molecule has 0 radical (unpaired) electrons. The number of esters is 1. The lowest BCUT2D eigenvalue weighted by Crippen LogP contribution is -2.09. The SMILES string of the molecule is CCCCCCOc1ccc(OC(=O)c2ccc(OCCCCC)cc2)cc1F. The Hall–Kier alpha value is -2.56. The van der Waals surface area contributed by atoms with Gasteiger partial charge in [-0.1, -0.05) is 46.0 Å². The highest BCUT2D eigenvalue weighted by molar-refractivity contribution is 5.91. The van der Waals surface area contributed by atoms with Crippen LogP contribution in [0, 0.1) is 5.82 Å². The molecule has 2 aromatic carbocycles. The molecule has 0 aliphatic heterocycles. The number of unbranched alkanes of at least 4 members (excludes halogenated alkanes) is 5. The predicted octanol–water partition coefficient (Wildman–Crippen LogP) is 6.57. The average Bonchev–Trinajstić information content (AvgIpc) is 2.73. The Balaban J connectivity index is 1.84. The summed E-state index contributed by atoms with van der Waals surface area (Å²) in [4.78, 5) is 12.3. The van der Waals surface area contributed by atoms with E-state index in [1.165, 1.54) is 18.2 Å². The van der Waals surface area contributed by atoms with E-state index in [9.17, 15) is 9.18 Å². The van der Waals surface area contributed by atoms with Crippen LogP contribution in [0.15, 0.2) is 42.5 Å². The van der Waals surface area contributed by atoms with Gasteiger partial charge >= 0.3 is 5.97 Å². The van der Waals surface area contributed by atoms with E-state index in [-0.39, 0.29) is 11.5 Å². The maximum Gasteiger partial charge on any atom is 0.343 e. The highest BCUT2D eigenvalue weighted by atomic mass is 19.1. The summed E-state index contributed by atoms with van der Waals surface area (Å²) in [6.07, 6.45) is 7.52. The zero-order valence-electron chi connectivity index (χ0n) is 17.4. The predicted molar refractivity (Wildman–Crippen MR) is 112 cm³/mol. The molecule has 0 heterocycles. The molecule has 0 atom stereocenters. The lowest BCUT2D eigenvalue weighted by atomic mass is 10.2. The minimum Gasteiger partial charge on any atom is -0.494 e. The van der Waals surface area contributed by atoms with E-state index in [4.69, 9.17) is 14.2 Å². The molecule has 0 aromatic heterocycles. The van der Waals surface area contributed by atoms with Gasteiger partial charge in [-0.05, 0) is 49.2 Å². The lowest BCUT2D eigenvalue weighted by molar-refractivity contribution is 0.0734. The van der Waals surface area contributed by atoms with Gasteiger partial charge in [-0.2, -0.15) is 0 Å². The molecule has 0 bridgehead atoms. The summed E-state index contributed by atoms with van der Waals surface area (Å²) in [6.45, 7) is 5.41. The van der Waals surface area contributed by atoms with E-state index in [0.29, 0.717) is 24.5 Å². The zero-order chi connectivity index (χ0) is 20.9. The van der Waals surface area contributed by atoms with Crippen LogP contribution in [0.25, 0.3) is 0 Å². The summed E-state index contributed by atoms with van der Waals surface area (Å²) in [5.41, 5.74) is 0.377. The minimum atomic E-state index is -0.546. The summed E-state index contributed by atoms with van der Waals surface area (Å²) >= 11 is 0. The molecule has 0 saturated heterocycles. The smallest absolute Gasteiger partial charge is 0.343 e. The van der Waals surface area contributed by atoms with Crippen molar-refractivity contribution in [3.63, 3.8) is 0 Å². The first-order valence-corrected chi connectivity index (χ1v) is 10.5. The van der Waals surface area contributed by atoms with Crippen LogP contribution in [-0.4, -0.2) is 19.2 Å². The topological polar surface area (TPSA) is 44.8 Å². The Bertz CT molecular complexity index is 743. The highest BCUT2D eigenvalue weighted by Gasteiger charge is 2.12. The second-order valence-electron chi connectivity index (χ2n) is 6.97. The van der Waals surface area contributed by atoms with Gasteiger partial charge in [0.15, 0.2) is 11.6 Å². The van der Waals surface area contributed by atoms with Gasteiger partial charge in [-0.15, -0.1) is 0 Å². The third-order valence-corrected chi connectivity index (χ3v) is 4.48. The Morgan fingerprint density at radius 2 is 1.41 bits per heavy atom. The van der Waals surface area contributed by atoms with Crippen molar-refractivity contribution in [3.8, 4) is 17.2 Å². The second kappa shape index (κ2) is 12.8. The Labute approximate surface area is 173 Å². The largest absolute Gasteiger partial charge is 0.494 e. The van der Waals surface area contributed by atoms with Crippen molar-refractivity contribution < 1.29 is 23.4 Å². The van der Waals surface area contributed by atoms with Crippen LogP contribution < -0.4 is 14.2 Å². The van der Waals surface area contributed by atoms with Crippen LogP contribution in [0.1, 0.15) is 69.2 Å². The Morgan fingerprint density at radius 1 is 0.793 bits per heavy atom. The van der Waals surface area contributed by atoms with Crippen molar-refractivity contribution in [3.05, 3.63) is 53.8 Å². The maximum atomic E-state index is 14.2. The minimum absolute atomic E-state index is 0.144. The van der Waals surface area contributed by atoms with Crippen LogP contribution in [0.4, 0.5) is 4.39 Å². The number of ether oxygens (including phenoxy) is 3. The first-order valence-electron chi connectivity index (χ1n) is 10.5. The molecule has 2 rings (SSSR count). The molecule has 0 amide bonds. The standard InChI is InChI=1S/C24H31FO4/c1-3-5-7-9-17-28-23-15-14-21(18-22(23)25)29-24(26)19-10-12-20(13-11-19)27-16-8-6-4-2/h10-15,18H,3-9,16-17H2,1-2H3. The third-order valence-electron chi connectivity index (χ3n) is 4.48. The number of carbonyl (C=O) groups is 1. The first kappa shape index (κ1) is 22.7. The summed E-state index contributed by atoms with van der Waals surface area (Å²) < 4.78 is 30.5. The van der Waals surface area contributed by atoms with Crippen molar-refractivity contribution >= 4 is 5.97 Å². The molecule has 0 unspecified atom stereocenters.